The molecule has 0 saturated carbocycles. The molecule has 1 aliphatic rings. The summed E-state index contributed by atoms with van der Waals surface area (Å²) in [5.41, 5.74) is 7.58. The molecule has 0 radical (unpaired) electrons. The van der Waals surface area contributed by atoms with Gasteiger partial charge in [-0.2, -0.15) is 0 Å². The molecule has 0 fully saturated rings. The maximum atomic E-state index is 12.4. The second-order valence-electron chi connectivity index (χ2n) is 6.57. The van der Waals surface area contributed by atoms with E-state index in [0.29, 0.717) is 17.4 Å². The Bertz CT molecular complexity index is 833. The number of nitrogen functional groups attached to an aromatic ring is 1. The van der Waals surface area contributed by atoms with E-state index in [1.807, 2.05) is 24.3 Å². The summed E-state index contributed by atoms with van der Waals surface area (Å²) in [5, 5.41) is 2.80. The molecule has 1 aromatic heterocycles. The zero-order valence-corrected chi connectivity index (χ0v) is 15.0. The summed E-state index contributed by atoms with van der Waals surface area (Å²) in [6, 6.07) is 10.9. The first-order valence-corrected chi connectivity index (χ1v) is 8.49. The molecule has 0 aliphatic carbocycles. The number of pyridine rings is 1. The van der Waals surface area contributed by atoms with Crippen LogP contribution in [0.25, 0.3) is 0 Å². The number of hydrogen-bond acceptors (Lipinski definition) is 5. The van der Waals surface area contributed by atoms with E-state index >= 15 is 0 Å². The van der Waals surface area contributed by atoms with Crippen molar-refractivity contribution in [3.63, 3.8) is 0 Å². The van der Waals surface area contributed by atoms with Gasteiger partial charge in [0.25, 0.3) is 5.91 Å². The fourth-order valence-electron chi connectivity index (χ4n) is 2.75. The van der Waals surface area contributed by atoms with Crippen molar-refractivity contribution in [2.45, 2.75) is 32.8 Å². The highest BCUT2D eigenvalue weighted by Gasteiger charge is 2.34. The molecular formula is C19H22N4O3. The quantitative estimate of drug-likeness (QED) is 0.879. The highest BCUT2D eigenvalue weighted by molar-refractivity contribution is 6.05. The van der Waals surface area contributed by atoms with Gasteiger partial charge in [0, 0.05) is 5.69 Å². The number of anilines is 3. The van der Waals surface area contributed by atoms with Crippen molar-refractivity contribution in [2.75, 3.05) is 22.5 Å². The van der Waals surface area contributed by atoms with Crippen LogP contribution in [0.1, 0.15) is 32.3 Å². The van der Waals surface area contributed by atoms with Gasteiger partial charge >= 0.3 is 0 Å². The molecule has 1 aromatic carbocycles. The van der Waals surface area contributed by atoms with Crippen LogP contribution in [0.5, 0.6) is 5.75 Å². The van der Waals surface area contributed by atoms with Crippen LogP contribution in [0.15, 0.2) is 36.4 Å². The number of ether oxygens (including phenoxy) is 1. The van der Waals surface area contributed by atoms with E-state index in [1.165, 1.54) is 10.5 Å². The number of nitrogens with zero attached hydrogens (tertiary/aromatic N) is 2. The van der Waals surface area contributed by atoms with Crippen molar-refractivity contribution in [3.05, 3.63) is 42.0 Å². The largest absolute Gasteiger partial charge is 0.477 e. The molecule has 7 nitrogen and oxygen atoms in total. The average Bonchev–Trinajstić information content (AvgIpc) is 2.60. The molecule has 0 bridgehead atoms. The van der Waals surface area contributed by atoms with Gasteiger partial charge in [0.05, 0.1) is 0 Å². The van der Waals surface area contributed by atoms with Crippen LogP contribution in [-0.2, 0) is 9.59 Å². The summed E-state index contributed by atoms with van der Waals surface area (Å²) >= 11 is 0. The second kappa shape index (κ2) is 7.03. The van der Waals surface area contributed by atoms with Gasteiger partial charge in [0.2, 0.25) is 5.91 Å². The molecule has 1 unspecified atom stereocenters. The van der Waals surface area contributed by atoms with E-state index in [2.05, 4.69) is 24.1 Å². The summed E-state index contributed by atoms with van der Waals surface area (Å²) < 4.78 is 5.52. The number of carbonyl (C=O) groups is 2. The molecule has 3 N–H and O–H groups in total. The second-order valence-corrected chi connectivity index (χ2v) is 6.57. The highest BCUT2D eigenvalue weighted by Crippen LogP contribution is 2.32. The predicted molar refractivity (Wildman–Crippen MR) is 100 cm³/mol. The Labute approximate surface area is 152 Å². The van der Waals surface area contributed by atoms with Crippen LogP contribution in [-0.4, -0.2) is 29.4 Å². The number of rotatable bonds is 4. The number of benzene rings is 1. The minimum absolute atomic E-state index is 0.165. The Hall–Kier alpha value is -3.09. The number of aromatic nitrogens is 1. The van der Waals surface area contributed by atoms with Crippen LogP contribution < -0.4 is 20.7 Å². The average molecular weight is 354 g/mol. The molecule has 2 heterocycles. The van der Waals surface area contributed by atoms with Gasteiger partial charge in [-0.1, -0.05) is 26.0 Å². The van der Waals surface area contributed by atoms with Crippen LogP contribution in [0.4, 0.5) is 17.3 Å². The van der Waals surface area contributed by atoms with Crippen LogP contribution in [0.2, 0.25) is 0 Å². The summed E-state index contributed by atoms with van der Waals surface area (Å²) in [6.45, 7) is 5.68. The Morgan fingerprint density at radius 1 is 1.27 bits per heavy atom. The van der Waals surface area contributed by atoms with Crippen LogP contribution >= 0.6 is 0 Å². The number of carbonyl (C=O) groups excluding carboxylic acids is 2. The van der Waals surface area contributed by atoms with Gasteiger partial charge < -0.3 is 15.8 Å². The number of nitrogens with two attached hydrogens (primary N) is 1. The van der Waals surface area contributed by atoms with E-state index < -0.39 is 6.10 Å². The van der Waals surface area contributed by atoms with Crippen LogP contribution in [0, 0.1) is 0 Å². The molecule has 1 aliphatic heterocycles. The molecule has 26 heavy (non-hydrogen) atoms. The zero-order chi connectivity index (χ0) is 18.8. The Balaban J connectivity index is 1.76. The Morgan fingerprint density at radius 2 is 1.96 bits per heavy atom. The predicted octanol–water partition coefficient (Wildman–Crippen LogP) is 2.54. The molecule has 0 saturated heterocycles. The molecule has 2 aromatic rings. The van der Waals surface area contributed by atoms with E-state index in [4.69, 9.17) is 10.5 Å². The first-order valence-electron chi connectivity index (χ1n) is 8.49. The van der Waals surface area contributed by atoms with Crippen molar-refractivity contribution in [2.24, 2.45) is 0 Å². The first-order chi connectivity index (χ1) is 12.3. The Kier molecular flexibility index (Phi) is 4.79. The van der Waals surface area contributed by atoms with Gasteiger partial charge in [-0.15, -0.1) is 0 Å². The third-order valence-corrected chi connectivity index (χ3v) is 4.20. The minimum Gasteiger partial charge on any atom is -0.477 e. The summed E-state index contributed by atoms with van der Waals surface area (Å²) in [7, 11) is 0. The molecule has 7 heteroatoms. The fraction of sp³-hybridized carbons (Fsp3) is 0.316. The summed E-state index contributed by atoms with van der Waals surface area (Å²) in [5.74, 6) is 0.712. The smallest absolute Gasteiger partial charge is 0.269 e. The Morgan fingerprint density at radius 3 is 2.62 bits per heavy atom. The monoisotopic (exact) mass is 354 g/mol. The number of amides is 2. The standard InChI is InChI=1S/C19H22N4O3/c1-11(2)13-4-6-14(7-5-13)21-17(24)10-23-18-15(8-9-16(20)22-18)26-12(3)19(23)25/h4-9,11-12H,10H2,1-3H3,(H2,20,22)(H,21,24). The van der Waals surface area contributed by atoms with Crippen molar-refractivity contribution in [1.82, 2.24) is 4.98 Å². The lowest BCUT2D eigenvalue weighted by Crippen LogP contribution is -2.48. The fourth-order valence-corrected chi connectivity index (χ4v) is 2.75. The van der Waals surface area contributed by atoms with Crippen molar-refractivity contribution >= 4 is 29.1 Å². The lowest BCUT2D eigenvalue weighted by atomic mass is 10.0. The molecule has 0 spiro atoms. The normalized spacial score (nSPS) is 16.2. The number of fused-ring (bicyclic) bond motifs is 1. The molecule has 3 rings (SSSR count). The van der Waals surface area contributed by atoms with Crippen molar-refractivity contribution < 1.29 is 14.3 Å². The zero-order valence-electron chi connectivity index (χ0n) is 15.0. The minimum atomic E-state index is -0.689. The molecule has 2 amide bonds. The van der Waals surface area contributed by atoms with E-state index in [9.17, 15) is 9.59 Å². The lowest BCUT2D eigenvalue weighted by Gasteiger charge is -2.31. The third kappa shape index (κ3) is 3.61. The van der Waals surface area contributed by atoms with Gasteiger partial charge in [-0.25, -0.2) is 4.98 Å². The van der Waals surface area contributed by atoms with Crippen LogP contribution in [0.3, 0.4) is 0 Å². The SMILES string of the molecule is CC1Oc2ccc(N)nc2N(CC(=O)Nc2ccc(C(C)C)cc2)C1=O. The van der Waals surface area contributed by atoms with E-state index in [-0.39, 0.29) is 30.0 Å². The third-order valence-electron chi connectivity index (χ3n) is 4.20. The lowest BCUT2D eigenvalue weighted by molar-refractivity contribution is -0.127. The van der Waals surface area contributed by atoms with E-state index in [0.717, 1.165) is 0 Å². The van der Waals surface area contributed by atoms with Crippen molar-refractivity contribution in [1.29, 1.82) is 0 Å². The maximum absolute atomic E-state index is 12.4. The van der Waals surface area contributed by atoms with Gasteiger partial charge in [0.1, 0.15) is 12.4 Å². The molecular weight excluding hydrogens is 332 g/mol. The van der Waals surface area contributed by atoms with Gasteiger partial charge in [-0.05, 0) is 42.7 Å². The molecule has 1 atom stereocenters. The number of nitrogens with one attached hydrogen (secondary N) is 1. The first kappa shape index (κ1) is 17.7. The summed E-state index contributed by atoms with van der Waals surface area (Å²) in [4.78, 5) is 30.3. The topological polar surface area (TPSA) is 97.6 Å². The summed E-state index contributed by atoms with van der Waals surface area (Å²) in [6.07, 6.45) is -0.689. The van der Waals surface area contributed by atoms with Crippen molar-refractivity contribution in [3.8, 4) is 5.75 Å². The van der Waals surface area contributed by atoms with Gasteiger partial charge in [0.15, 0.2) is 17.7 Å². The van der Waals surface area contributed by atoms with Gasteiger partial charge in [-0.3, -0.25) is 14.5 Å². The van der Waals surface area contributed by atoms with E-state index in [1.54, 1.807) is 19.1 Å². The highest BCUT2D eigenvalue weighted by atomic mass is 16.5. The molecule has 136 valence electrons. The maximum Gasteiger partial charge on any atom is 0.269 e. The number of hydrogen-bond donors (Lipinski definition) is 2.